The van der Waals surface area contributed by atoms with Gasteiger partial charge in [0.25, 0.3) is 0 Å². The van der Waals surface area contributed by atoms with Gasteiger partial charge in [-0.25, -0.2) is 0 Å². The molecule has 2 unspecified atom stereocenters. The highest BCUT2D eigenvalue weighted by Gasteiger charge is 2.19. The summed E-state index contributed by atoms with van der Waals surface area (Å²) in [7, 11) is 0. The van der Waals surface area contributed by atoms with E-state index < -0.39 is 0 Å². The van der Waals surface area contributed by atoms with E-state index in [1.165, 1.54) is 0 Å². The number of carbonyl (C=O) groups excluding carboxylic acids is 1. The first-order chi connectivity index (χ1) is 7.59. The lowest BCUT2D eigenvalue weighted by Gasteiger charge is -2.12. The topological polar surface area (TPSA) is 35.5 Å². The van der Waals surface area contributed by atoms with Crippen molar-refractivity contribution in [1.82, 2.24) is 0 Å². The zero-order valence-electron chi connectivity index (χ0n) is 10.4. The summed E-state index contributed by atoms with van der Waals surface area (Å²) >= 11 is 0. The van der Waals surface area contributed by atoms with E-state index in [0.717, 1.165) is 19.4 Å². The van der Waals surface area contributed by atoms with E-state index in [4.69, 9.17) is 9.47 Å². The second kappa shape index (κ2) is 6.69. The summed E-state index contributed by atoms with van der Waals surface area (Å²) in [5.74, 6) is 0.143. The predicted molar refractivity (Wildman–Crippen MR) is 63.1 cm³/mol. The van der Waals surface area contributed by atoms with Crippen LogP contribution < -0.4 is 0 Å². The van der Waals surface area contributed by atoms with Crippen LogP contribution in [0.2, 0.25) is 0 Å². The number of allylic oxidation sites excluding steroid dienone is 1. The Kier molecular flexibility index (Phi) is 5.53. The third-order valence-electron chi connectivity index (χ3n) is 2.59. The minimum atomic E-state index is -0.163. The molecule has 16 heavy (non-hydrogen) atoms. The molecular formula is C13H22O3. The van der Waals surface area contributed by atoms with Crippen LogP contribution in [0.25, 0.3) is 0 Å². The third-order valence-corrected chi connectivity index (χ3v) is 2.59. The van der Waals surface area contributed by atoms with Crippen LogP contribution >= 0.6 is 0 Å². The van der Waals surface area contributed by atoms with Gasteiger partial charge in [0, 0.05) is 6.61 Å². The summed E-state index contributed by atoms with van der Waals surface area (Å²) in [6.45, 7) is 7.22. The highest BCUT2D eigenvalue weighted by molar-refractivity contribution is 5.73. The van der Waals surface area contributed by atoms with Gasteiger partial charge in [0.05, 0.1) is 12.0 Å². The molecule has 92 valence electrons. The fraction of sp³-hybridized carbons (Fsp3) is 0.769. The maximum atomic E-state index is 11.6. The molecule has 0 spiro atoms. The van der Waals surface area contributed by atoms with Gasteiger partial charge in [-0.2, -0.15) is 0 Å². The average molecular weight is 226 g/mol. The van der Waals surface area contributed by atoms with E-state index in [-0.39, 0.29) is 18.0 Å². The molecule has 3 nitrogen and oxygen atoms in total. The average Bonchev–Trinajstić information content (AvgIpc) is 2.75. The molecule has 1 aliphatic rings. The van der Waals surface area contributed by atoms with E-state index in [9.17, 15) is 4.79 Å². The second-order valence-electron chi connectivity index (χ2n) is 4.68. The predicted octanol–water partition coefficient (Wildman–Crippen LogP) is 2.56. The van der Waals surface area contributed by atoms with Crippen molar-refractivity contribution in [3.05, 3.63) is 12.2 Å². The van der Waals surface area contributed by atoms with E-state index in [1.54, 1.807) is 0 Å². The second-order valence-corrected chi connectivity index (χ2v) is 4.68. The molecule has 0 amide bonds. The first kappa shape index (κ1) is 13.2. The molecule has 0 aromatic rings. The number of esters is 1. The molecule has 1 fully saturated rings. The Hall–Kier alpha value is -0.830. The number of ether oxygens (including phenoxy) is 2. The van der Waals surface area contributed by atoms with Crippen LogP contribution in [-0.2, 0) is 14.3 Å². The summed E-state index contributed by atoms with van der Waals surface area (Å²) in [5.41, 5.74) is 0. The normalized spacial score (nSPS) is 22.9. The molecule has 0 bridgehead atoms. The lowest BCUT2D eigenvalue weighted by molar-refractivity contribution is -0.149. The zero-order chi connectivity index (χ0) is 12.0. The van der Waals surface area contributed by atoms with Gasteiger partial charge in [-0.1, -0.05) is 26.0 Å². The minimum Gasteiger partial charge on any atom is -0.462 e. The Morgan fingerprint density at radius 3 is 2.75 bits per heavy atom. The smallest absolute Gasteiger partial charge is 0.312 e. The summed E-state index contributed by atoms with van der Waals surface area (Å²) in [5, 5.41) is 0. The fourth-order valence-corrected chi connectivity index (χ4v) is 1.55. The van der Waals surface area contributed by atoms with Crippen LogP contribution in [0, 0.1) is 11.8 Å². The molecule has 0 N–H and O–H groups in total. The number of hydrogen-bond acceptors (Lipinski definition) is 3. The van der Waals surface area contributed by atoms with Gasteiger partial charge in [-0.15, -0.1) is 0 Å². The molecule has 3 heteroatoms. The summed E-state index contributed by atoms with van der Waals surface area (Å²) < 4.78 is 10.6. The monoisotopic (exact) mass is 226 g/mol. The number of carbonyl (C=O) groups is 1. The van der Waals surface area contributed by atoms with E-state index in [0.29, 0.717) is 12.5 Å². The Morgan fingerprint density at radius 1 is 1.44 bits per heavy atom. The van der Waals surface area contributed by atoms with Crippen LogP contribution in [0.4, 0.5) is 0 Å². The van der Waals surface area contributed by atoms with Crippen molar-refractivity contribution in [2.24, 2.45) is 11.8 Å². The molecule has 1 saturated heterocycles. The van der Waals surface area contributed by atoms with Crippen molar-refractivity contribution < 1.29 is 14.3 Å². The van der Waals surface area contributed by atoms with Gasteiger partial charge >= 0.3 is 5.97 Å². The molecule has 0 aromatic carbocycles. The lowest BCUT2D eigenvalue weighted by Crippen LogP contribution is -2.21. The number of hydrogen-bond donors (Lipinski definition) is 0. The lowest BCUT2D eigenvalue weighted by atomic mass is 10.1. The zero-order valence-corrected chi connectivity index (χ0v) is 10.4. The molecule has 1 heterocycles. The van der Waals surface area contributed by atoms with Crippen LogP contribution in [0.15, 0.2) is 12.2 Å². The summed E-state index contributed by atoms with van der Waals surface area (Å²) in [6, 6.07) is 0. The molecule has 2 atom stereocenters. The van der Waals surface area contributed by atoms with Crippen LogP contribution in [-0.4, -0.2) is 25.3 Å². The van der Waals surface area contributed by atoms with Gasteiger partial charge in [-0.3, -0.25) is 4.79 Å². The van der Waals surface area contributed by atoms with Crippen molar-refractivity contribution in [2.45, 2.75) is 39.7 Å². The molecule has 1 aliphatic heterocycles. The van der Waals surface area contributed by atoms with Gasteiger partial charge in [0.15, 0.2) is 0 Å². The maximum absolute atomic E-state index is 11.6. The molecule has 0 saturated carbocycles. The van der Waals surface area contributed by atoms with Gasteiger partial charge in [0.1, 0.15) is 6.61 Å². The fourth-order valence-electron chi connectivity index (χ4n) is 1.55. The largest absolute Gasteiger partial charge is 0.462 e. The maximum Gasteiger partial charge on any atom is 0.312 e. The summed E-state index contributed by atoms with van der Waals surface area (Å²) in [6.07, 6.45) is 6.12. The van der Waals surface area contributed by atoms with Crippen molar-refractivity contribution in [3.8, 4) is 0 Å². The van der Waals surface area contributed by atoms with E-state index in [1.807, 2.05) is 19.1 Å². The molecule has 0 aromatic heterocycles. The van der Waals surface area contributed by atoms with Gasteiger partial charge in [0.2, 0.25) is 0 Å². The van der Waals surface area contributed by atoms with E-state index >= 15 is 0 Å². The highest BCUT2D eigenvalue weighted by Crippen LogP contribution is 2.13. The van der Waals surface area contributed by atoms with Crippen molar-refractivity contribution in [3.63, 3.8) is 0 Å². The van der Waals surface area contributed by atoms with Gasteiger partial charge < -0.3 is 9.47 Å². The quantitative estimate of drug-likeness (QED) is 0.534. The molecule has 0 radical (unpaired) electrons. The van der Waals surface area contributed by atoms with Crippen molar-refractivity contribution >= 4 is 5.97 Å². The Bertz CT molecular complexity index is 240. The molecule has 1 rings (SSSR count). The Balaban J connectivity index is 2.22. The Morgan fingerprint density at radius 2 is 2.19 bits per heavy atom. The van der Waals surface area contributed by atoms with Crippen LogP contribution in [0.3, 0.4) is 0 Å². The first-order valence-corrected chi connectivity index (χ1v) is 6.06. The van der Waals surface area contributed by atoms with E-state index in [2.05, 4.69) is 13.8 Å². The SMILES string of the molecule is CC(C)/C=C\C(C)C(=O)OCC1CCCO1. The molecule has 0 aliphatic carbocycles. The first-order valence-electron chi connectivity index (χ1n) is 6.06. The standard InChI is InChI=1S/C13H22O3/c1-10(2)6-7-11(3)13(14)16-9-12-5-4-8-15-12/h6-7,10-12H,4-5,8-9H2,1-3H3/b7-6-. The Labute approximate surface area is 97.8 Å². The number of rotatable bonds is 5. The van der Waals surface area contributed by atoms with Crippen molar-refractivity contribution in [2.75, 3.05) is 13.2 Å². The van der Waals surface area contributed by atoms with Gasteiger partial charge in [-0.05, 0) is 25.7 Å². The van der Waals surface area contributed by atoms with Crippen molar-refractivity contribution in [1.29, 1.82) is 0 Å². The minimum absolute atomic E-state index is 0.116. The summed E-state index contributed by atoms with van der Waals surface area (Å²) in [4.78, 5) is 11.6. The van der Waals surface area contributed by atoms with Crippen LogP contribution in [0.5, 0.6) is 0 Å². The third kappa shape index (κ3) is 4.79. The van der Waals surface area contributed by atoms with Crippen LogP contribution in [0.1, 0.15) is 33.6 Å². The molecular weight excluding hydrogens is 204 g/mol. The highest BCUT2D eigenvalue weighted by atomic mass is 16.6.